The molecule has 3 rings (SSSR count). The van der Waals surface area contributed by atoms with E-state index in [0.29, 0.717) is 17.9 Å². The van der Waals surface area contributed by atoms with Crippen molar-refractivity contribution >= 4 is 5.84 Å². The molecule has 0 unspecified atom stereocenters. The quantitative estimate of drug-likeness (QED) is 0.535. The molecule has 0 bridgehead atoms. The lowest BCUT2D eigenvalue weighted by Gasteiger charge is -2.34. The van der Waals surface area contributed by atoms with Crippen molar-refractivity contribution in [3.8, 4) is 0 Å². The summed E-state index contributed by atoms with van der Waals surface area (Å²) < 4.78 is 6.19. The van der Waals surface area contributed by atoms with Crippen LogP contribution in [-0.4, -0.2) is 43.1 Å². The Kier molecular flexibility index (Phi) is 7.60. The summed E-state index contributed by atoms with van der Waals surface area (Å²) in [6, 6.07) is 0. The summed E-state index contributed by atoms with van der Waals surface area (Å²) in [6.07, 6.45) is 16.9. The molecule has 3 N–H and O–H groups in total. The molecule has 2 saturated carbocycles. The van der Waals surface area contributed by atoms with Gasteiger partial charge in [-0.15, -0.1) is 0 Å². The molecule has 1 heterocycles. The third-order valence-electron chi connectivity index (χ3n) is 6.97. The first-order chi connectivity index (χ1) is 12.2. The van der Waals surface area contributed by atoms with Gasteiger partial charge in [0, 0.05) is 12.5 Å². The maximum Gasteiger partial charge on any atom is 0.0937 e. The number of nitrogens with one attached hydrogen (secondary N) is 1. The van der Waals surface area contributed by atoms with Gasteiger partial charge < -0.3 is 15.4 Å². The maximum atomic E-state index is 7.56. The molecule has 3 fully saturated rings. The van der Waals surface area contributed by atoms with E-state index in [1.165, 1.54) is 64.2 Å². The molecule has 1 aliphatic heterocycles. The number of piperidine rings is 1. The zero-order valence-electron chi connectivity index (χ0n) is 16.1. The molecule has 0 amide bonds. The number of nitrogens with zero attached hydrogens (tertiary/aromatic N) is 1. The fourth-order valence-electron chi connectivity index (χ4n) is 5.24. The van der Waals surface area contributed by atoms with Crippen molar-refractivity contribution < 1.29 is 4.74 Å². The summed E-state index contributed by atoms with van der Waals surface area (Å²) in [5.74, 6) is 2.71. The van der Waals surface area contributed by atoms with Crippen molar-refractivity contribution in [2.24, 2.45) is 23.5 Å². The second-order valence-corrected chi connectivity index (χ2v) is 8.82. The smallest absolute Gasteiger partial charge is 0.0937 e. The van der Waals surface area contributed by atoms with Gasteiger partial charge in [0.05, 0.1) is 18.5 Å². The molecule has 144 valence electrons. The Hall–Kier alpha value is -0.610. The van der Waals surface area contributed by atoms with Gasteiger partial charge in [-0.1, -0.05) is 32.1 Å². The Labute approximate surface area is 154 Å². The topological polar surface area (TPSA) is 62.3 Å². The number of hydrogen-bond donors (Lipinski definition) is 2. The number of likely N-dealkylation sites (tertiary alicyclic amines) is 1. The van der Waals surface area contributed by atoms with E-state index in [4.69, 9.17) is 15.9 Å². The van der Waals surface area contributed by atoms with Gasteiger partial charge in [0.25, 0.3) is 0 Å². The van der Waals surface area contributed by atoms with Crippen LogP contribution in [0.1, 0.15) is 77.0 Å². The van der Waals surface area contributed by atoms with Crippen LogP contribution in [0.5, 0.6) is 0 Å². The molecule has 2 aliphatic carbocycles. The third kappa shape index (κ3) is 6.25. The highest BCUT2D eigenvalue weighted by atomic mass is 16.5. The van der Waals surface area contributed by atoms with Gasteiger partial charge in [0.15, 0.2) is 0 Å². The summed E-state index contributed by atoms with van der Waals surface area (Å²) in [7, 11) is 0. The zero-order valence-corrected chi connectivity index (χ0v) is 16.1. The van der Waals surface area contributed by atoms with E-state index >= 15 is 0 Å². The second kappa shape index (κ2) is 9.91. The fraction of sp³-hybridized carbons (Fsp3) is 0.952. The monoisotopic (exact) mass is 349 g/mol. The van der Waals surface area contributed by atoms with Crippen molar-refractivity contribution in [2.75, 3.05) is 26.2 Å². The average molecular weight is 350 g/mol. The van der Waals surface area contributed by atoms with Gasteiger partial charge in [-0.25, -0.2) is 0 Å². The zero-order chi connectivity index (χ0) is 17.5. The van der Waals surface area contributed by atoms with Gasteiger partial charge in [0.2, 0.25) is 0 Å². The Morgan fingerprint density at radius 2 is 1.52 bits per heavy atom. The summed E-state index contributed by atoms with van der Waals surface area (Å²) in [5, 5.41) is 7.56. The standard InChI is InChI=1S/C21H39N3O/c22-21(23)19-10-12-24(13-11-19)14-15-25-20-8-6-18(7-9-20)16-17-4-2-1-3-5-17/h17-20H,1-16H2,(H3,22,23). The van der Waals surface area contributed by atoms with Crippen LogP contribution >= 0.6 is 0 Å². The van der Waals surface area contributed by atoms with Crippen molar-refractivity contribution in [1.82, 2.24) is 4.90 Å². The first-order valence-corrected chi connectivity index (χ1v) is 10.9. The van der Waals surface area contributed by atoms with Crippen molar-refractivity contribution in [3.05, 3.63) is 0 Å². The number of ether oxygens (including phenoxy) is 1. The molecule has 4 heteroatoms. The predicted molar refractivity (Wildman–Crippen MR) is 104 cm³/mol. The van der Waals surface area contributed by atoms with Crippen LogP contribution in [0.15, 0.2) is 0 Å². The number of rotatable bonds is 7. The lowest BCUT2D eigenvalue weighted by molar-refractivity contribution is 0.00208. The summed E-state index contributed by atoms with van der Waals surface area (Å²) in [6.45, 7) is 4.07. The van der Waals surface area contributed by atoms with Crippen LogP contribution in [0, 0.1) is 23.2 Å². The largest absolute Gasteiger partial charge is 0.387 e. The number of amidine groups is 1. The third-order valence-corrected chi connectivity index (χ3v) is 6.97. The normalized spacial score (nSPS) is 30.4. The summed E-state index contributed by atoms with van der Waals surface area (Å²) in [5.41, 5.74) is 5.62. The van der Waals surface area contributed by atoms with E-state index in [2.05, 4.69) is 4.90 Å². The second-order valence-electron chi connectivity index (χ2n) is 8.82. The van der Waals surface area contributed by atoms with Gasteiger partial charge in [-0.2, -0.15) is 0 Å². The molecule has 3 aliphatic rings. The van der Waals surface area contributed by atoms with E-state index in [0.717, 1.165) is 50.9 Å². The van der Waals surface area contributed by atoms with E-state index in [1.807, 2.05) is 0 Å². The molecular formula is C21H39N3O. The maximum absolute atomic E-state index is 7.56. The van der Waals surface area contributed by atoms with Gasteiger partial charge >= 0.3 is 0 Å². The molecule has 0 radical (unpaired) electrons. The highest BCUT2D eigenvalue weighted by Gasteiger charge is 2.25. The number of nitrogens with two attached hydrogens (primary N) is 1. The van der Waals surface area contributed by atoms with Crippen molar-refractivity contribution in [1.29, 1.82) is 5.41 Å². The van der Waals surface area contributed by atoms with Gasteiger partial charge in [-0.3, -0.25) is 5.41 Å². The molecule has 25 heavy (non-hydrogen) atoms. The van der Waals surface area contributed by atoms with E-state index in [-0.39, 0.29) is 0 Å². The number of hydrogen-bond acceptors (Lipinski definition) is 3. The van der Waals surface area contributed by atoms with Crippen LogP contribution in [0.3, 0.4) is 0 Å². The minimum atomic E-state index is 0.316. The first kappa shape index (κ1) is 19.2. The minimum Gasteiger partial charge on any atom is -0.387 e. The molecular weight excluding hydrogens is 310 g/mol. The van der Waals surface area contributed by atoms with Crippen LogP contribution in [0.2, 0.25) is 0 Å². The minimum absolute atomic E-state index is 0.316. The predicted octanol–water partition coefficient (Wildman–Crippen LogP) is 4.18. The molecule has 0 aromatic rings. The lowest BCUT2D eigenvalue weighted by Crippen LogP contribution is -2.40. The van der Waals surface area contributed by atoms with E-state index in [1.54, 1.807) is 0 Å². The molecule has 0 aromatic heterocycles. The molecule has 4 nitrogen and oxygen atoms in total. The van der Waals surface area contributed by atoms with Crippen LogP contribution in [0.25, 0.3) is 0 Å². The van der Waals surface area contributed by atoms with Crippen LogP contribution in [0.4, 0.5) is 0 Å². The Morgan fingerprint density at radius 1 is 0.880 bits per heavy atom. The van der Waals surface area contributed by atoms with E-state index < -0.39 is 0 Å². The first-order valence-electron chi connectivity index (χ1n) is 10.9. The van der Waals surface area contributed by atoms with Crippen molar-refractivity contribution in [3.63, 3.8) is 0 Å². The van der Waals surface area contributed by atoms with Crippen LogP contribution in [-0.2, 0) is 4.74 Å². The molecule has 1 saturated heterocycles. The molecule has 0 spiro atoms. The van der Waals surface area contributed by atoms with Gasteiger partial charge in [-0.05, 0) is 69.9 Å². The average Bonchev–Trinajstić information content (AvgIpc) is 2.64. The van der Waals surface area contributed by atoms with Crippen LogP contribution < -0.4 is 5.73 Å². The summed E-state index contributed by atoms with van der Waals surface area (Å²) >= 11 is 0. The Bertz CT molecular complexity index is 392. The lowest BCUT2D eigenvalue weighted by atomic mass is 9.77. The Balaban J connectivity index is 1.24. The van der Waals surface area contributed by atoms with E-state index in [9.17, 15) is 0 Å². The highest BCUT2D eigenvalue weighted by Crippen LogP contribution is 2.35. The summed E-state index contributed by atoms with van der Waals surface area (Å²) in [4.78, 5) is 2.48. The fourth-order valence-corrected chi connectivity index (χ4v) is 5.24. The molecule has 0 atom stereocenters. The Morgan fingerprint density at radius 3 is 2.16 bits per heavy atom. The SMILES string of the molecule is N=C(N)C1CCN(CCOC2CCC(CC3CCCCC3)CC2)CC1. The molecule has 0 aromatic carbocycles. The highest BCUT2D eigenvalue weighted by molar-refractivity contribution is 5.79. The van der Waals surface area contributed by atoms with Gasteiger partial charge in [0.1, 0.15) is 0 Å². The van der Waals surface area contributed by atoms with Crippen molar-refractivity contribution in [2.45, 2.75) is 83.2 Å².